The third-order valence-corrected chi connectivity index (χ3v) is 3.97. The average molecular weight is 370 g/mol. The summed E-state index contributed by atoms with van der Waals surface area (Å²) >= 11 is 0. The Balaban J connectivity index is 2.32. The minimum absolute atomic E-state index is 0.0928. The fourth-order valence-electron chi connectivity index (χ4n) is 2.79. The number of hydrogen-bond donors (Lipinski definition) is 0. The van der Waals surface area contributed by atoms with Crippen LogP contribution in [0.15, 0.2) is 48.7 Å². The summed E-state index contributed by atoms with van der Waals surface area (Å²) in [7, 11) is 0. The molecule has 0 bridgehead atoms. The summed E-state index contributed by atoms with van der Waals surface area (Å²) in [5.41, 5.74) is 0.644. The standard InChI is InChI=1S/C20H13F3N2O2/c1-2-27-19(26)16-11-25-17-9-14(20(21,22)23)6-7-15(17)18(16)13-5-3-4-12(8-13)10-24/h3-9,11H,2H2,1H3. The van der Waals surface area contributed by atoms with Crippen molar-refractivity contribution in [3.05, 3.63) is 65.4 Å². The van der Waals surface area contributed by atoms with Gasteiger partial charge in [0.15, 0.2) is 0 Å². The lowest BCUT2D eigenvalue weighted by Crippen LogP contribution is -2.09. The topological polar surface area (TPSA) is 63.0 Å². The van der Waals surface area contributed by atoms with Gasteiger partial charge >= 0.3 is 12.1 Å². The molecule has 1 aromatic heterocycles. The molecule has 3 aromatic rings. The summed E-state index contributed by atoms with van der Waals surface area (Å²) in [6.45, 7) is 1.79. The van der Waals surface area contributed by atoms with E-state index in [0.717, 1.165) is 12.1 Å². The fraction of sp³-hybridized carbons (Fsp3) is 0.150. The molecule has 0 amide bonds. The predicted octanol–water partition coefficient (Wildman–Crippen LogP) is 4.97. The number of benzene rings is 2. The molecule has 136 valence electrons. The highest BCUT2D eigenvalue weighted by molar-refractivity contribution is 6.07. The first-order valence-electron chi connectivity index (χ1n) is 8.02. The molecule has 1 heterocycles. The zero-order chi connectivity index (χ0) is 19.6. The summed E-state index contributed by atoms with van der Waals surface area (Å²) < 4.78 is 44.1. The van der Waals surface area contributed by atoms with Gasteiger partial charge in [-0.2, -0.15) is 18.4 Å². The van der Waals surface area contributed by atoms with Gasteiger partial charge in [-0.25, -0.2) is 4.79 Å². The normalized spacial score (nSPS) is 11.2. The highest BCUT2D eigenvalue weighted by atomic mass is 19.4. The molecular weight excluding hydrogens is 357 g/mol. The van der Waals surface area contributed by atoms with Crippen molar-refractivity contribution in [2.45, 2.75) is 13.1 Å². The Morgan fingerprint density at radius 1 is 1.22 bits per heavy atom. The molecule has 27 heavy (non-hydrogen) atoms. The van der Waals surface area contributed by atoms with Crippen molar-refractivity contribution in [3.8, 4) is 17.2 Å². The van der Waals surface area contributed by atoms with Crippen molar-refractivity contribution in [3.63, 3.8) is 0 Å². The number of carbonyl (C=O) groups is 1. The number of rotatable bonds is 3. The largest absolute Gasteiger partial charge is 0.462 e. The first kappa shape index (κ1) is 18.4. The number of nitriles is 1. The van der Waals surface area contributed by atoms with E-state index in [2.05, 4.69) is 4.98 Å². The molecule has 2 aromatic carbocycles. The number of fused-ring (bicyclic) bond motifs is 1. The van der Waals surface area contributed by atoms with Gasteiger partial charge in [-0.3, -0.25) is 4.98 Å². The van der Waals surface area contributed by atoms with Gasteiger partial charge in [0.1, 0.15) is 0 Å². The van der Waals surface area contributed by atoms with E-state index < -0.39 is 17.7 Å². The van der Waals surface area contributed by atoms with Crippen molar-refractivity contribution in [1.29, 1.82) is 5.26 Å². The molecule has 7 heteroatoms. The molecule has 0 aliphatic rings. The second-order valence-corrected chi connectivity index (χ2v) is 5.69. The fourth-order valence-corrected chi connectivity index (χ4v) is 2.79. The van der Waals surface area contributed by atoms with Gasteiger partial charge in [-0.15, -0.1) is 0 Å². The molecule has 0 aliphatic carbocycles. The Morgan fingerprint density at radius 2 is 2.00 bits per heavy atom. The number of esters is 1. The lowest BCUT2D eigenvalue weighted by Gasteiger charge is -2.14. The van der Waals surface area contributed by atoms with Gasteiger partial charge in [0.25, 0.3) is 0 Å². The van der Waals surface area contributed by atoms with E-state index in [-0.39, 0.29) is 17.7 Å². The zero-order valence-electron chi connectivity index (χ0n) is 14.2. The molecule has 0 N–H and O–H groups in total. The third-order valence-electron chi connectivity index (χ3n) is 3.97. The lowest BCUT2D eigenvalue weighted by molar-refractivity contribution is -0.137. The van der Waals surface area contributed by atoms with E-state index in [4.69, 9.17) is 10.00 Å². The number of aromatic nitrogens is 1. The minimum Gasteiger partial charge on any atom is -0.462 e. The van der Waals surface area contributed by atoms with Gasteiger partial charge in [0.05, 0.1) is 34.9 Å². The van der Waals surface area contributed by atoms with Crippen LogP contribution in [0.3, 0.4) is 0 Å². The molecule has 0 unspecified atom stereocenters. The van der Waals surface area contributed by atoms with Gasteiger partial charge in [0.2, 0.25) is 0 Å². The van der Waals surface area contributed by atoms with Crippen molar-refractivity contribution in [1.82, 2.24) is 4.98 Å². The van der Waals surface area contributed by atoms with Crippen LogP contribution < -0.4 is 0 Å². The summed E-state index contributed by atoms with van der Waals surface area (Å²) in [6, 6.07) is 11.6. The van der Waals surface area contributed by atoms with Crippen molar-refractivity contribution in [2.75, 3.05) is 6.61 Å². The number of ether oxygens (including phenoxy) is 1. The maximum atomic E-state index is 13.0. The lowest BCUT2D eigenvalue weighted by atomic mass is 9.94. The molecule has 0 saturated carbocycles. The van der Waals surface area contributed by atoms with Gasteiger partial charge < -0.3 is 4.74 Å². The second kappa shape index (κ2) is 7.08. The number of nitrogens with zero attached hydrogens (tertiary/aromatic N) is 2. The van der Waals surface area contributed by atoms with Crippen LogP contribution in [0.1, 0.15) is 28.4 Å². The summed E-state index contributed by atoms with van der Waals surface area (Å²) in [5, 5.41) is 9.50. The first-order valence-corrected chi connectivity index (χ1v) is 8.02. The zero-order valence-corrected chi connectivity index (χ0v) is 14.2. The van der Waals surface area contributed by atoms with Crippen molar-refractivity contribution >= 4 is 16.9 Å². The highest BCUT2D eigenvalue weighted by Crippen LogP contribution is 2.36. The van der Waals surface area contributed by atoms with Crippen molar-refractivity contribution in [2.24, 2.45) is 0 Å². The van der Waals surface area contributed by atoms with Crippen LogP contribution in [0.5, 0.6) is 0 Å². The van der Waals surface area contributed by atoms with Crippen LogP contribution in [0.4, 0.5) is 13.2 Å². The molecule has 0 radical (unpaired) electrons. The van der Waals surface area contributed by atoms with Gasteiger partial charge in [0, 0.05) is 17.1 Å². The quantitative estimate of drug-likeness (QED) is 0.611. The number of alkyl halides is 3. The Kier molecular flexibility index (Phi) is 4.82. The maximum absolute atomic E-state index is 13.0. The number of hydrogen-bond acceptors (Lipinski definition) is 4. The Hall–Kier alpha value is -3.40. The van der Waals surface area contributed by atoms with Crippen LogP contribution >= 0.6 is 0 Å². The highest BCUT2D eigenvalue weighted by Gasteiger charge is 2.31. The molecule has 0 atom stereocenters. The van der Waals surface area contributed by atoms with Gasteiger partial charge in [-0.05, 0) is 36.8 Å². The van der Waals surface area contributed by atoms with E-state index in [1.54, 1.807) is 31.2 Å². The molecular formula is C20H13F3N2O2. The Bertz CT molecular complexity index is 1070. The van der Waals surface area contributed by atoms with E-state index in [1.165, 1.54) is 12.3 Å². The van der Waals surface area contributed by atoms with Crippen LogP contribution in [-0.2, 0) is 10.9 Å². The number of carbonyl (C=O) groups excluding carboxylic acids is 1. The smallest absolute Gasteiger partial charge is 0.416 e. The summed E-state index contributed by atoms with van der Waals surface area (Å²) in [4.78, 5) is 16.4. The van der Waals surface area contributed by atoms with Gasteiger partial charge in [-0.1, -0.05) is 18.2 Å². The number of pyridine rings is 1. The number of halogens is 3. The maximum Gasteiger partial charge on any atom is 0.416 e. The third kappa shape index (κ3) is 3.60. The summed E-state index contributed by atoms with van der Waals surface area (Å²) in [6.07, 6.45) is -3.30. The van der Waals surface area contributed by atoms with E-state index >= 15 is 0 Å². The molecule has 0 aliphatic heterocycles. The van der Waals surface area contributed by atoms with E-state index in [1.807, 2.05) is 6.07 Å². The van der Waals surface area contributed by atoms with Crippen LogP contribution in [0, 0.1) is 11.3 Å². The van der Waals surface area contributed by atoms with Crippen molar-refractivity contribution < 1.29 is 22.7 Å². The molecule has 0 spiro atoms. The second-order valence-electron chi connectivity index (χ2n) is 5.69. The molecule has 0 fully saturated rings. The monoisotopic (exact) mass is 370 g/mol. The predicted molar refractivity (Wildman–Crippen MR) is 92.9 cm³/mol. The molecule has 0 saturated heterocycles. The Labute approximate surface area is 152 Å². The van der Waals surface area contributed by atoms with Crippen LogP contribution in [0.25, 0.3) is 22.0 Å². The summed E-state index contributed by atoms with van der Waals surface area (Å²) in [5.74, 6) is -0.635. The first-order chi connectivity index (χ1) is 12.8. The minimum atomic E-state index is -4.50. The van der Waals surface area contributed by atoms with E-state index in [0.29, 0.717) is 22.1 Å². The SMILES string of the molecule is CCOC(=O)c1cnc2cc(C(F)(F)F)ccc2c1-c1cccc(C#N)c1. The molecule has 3 rings (SSSR count). The van der Waals surface area contributed by atoms with Crippen LogP contribution in [0.2, 0.25) is 0 Å². The molecule has 4 nitrogen and oxygen atoms in total. The van der Waals surface area contributed by atoms with Crippen LogP contribution in [-0.4, -0.2) is 17.6 Å². The average Bonchev–Trinajstić information content (AvgIpc) is 2.66. The Morgan fingerprint density at radius 3 is 2.67 bits per heavy atom. The van der Waals surface area contributed by atoms with E-state index in [9.17, 15) is 18.0 Å².